The minimum atomic E-state index is -0.491. The van der Waals surface area contributed by atoms with Gasteiger partial charge >= 0.3 is 0 Å². The number of nitriles is 1. The van der Waals surface area contributed by atoms with Gasteiger partial charge in [-0.25, -0.2) is 0 Å². The Morgan fingerprint density at radius 2 is 1.66 bits per heavy atom. The van der Waals surface area contributed by atoms with Crippen molar-refractivity contribution in [2.45, 2.75) is 0 Å². The Labute approximate surface area is 184 Å². The summed E-state index contributed by atoms with van der Waals surface area (Å²) in [5.74, 6) is 0.895. The minimum absolute atomic E-state index is 0.0384. The molecule has 32 heavy (non-hydrogen) atoms. The number of hydrogen-bond acceptors (Lipinski definition) is 6. The van der Waals surface area contributed by atoms with Crippen molar-refractivity contribution in [2.75, 3.05) is 19.0 Å². The van der Waals surface area contributed by atoms with Gasteiger partial charge in [0.1, 0.15) is 11.5 Å². The maximum atomic E-state index is 12.1. The lowest BCUT2D eigenvalue weighted by molar-refractivity contribution is -0.384. The van der Waals surface area contributed by atoms with Crippen LogP contribution in [0, 0.1) is 21.4 Å². The number of allylic oxidation sites excluding steroid dienone is 1. The summed E-state index contributed by atoms with van der Waals surface area (Å²) in [5, 5.41) is 22.9. The van der Waals surface area contributed by atoms with Gasteiger partial charge in [0.15, 0.2) is 6.61 Å². The Morgan fingerprint density at radius 3 is 2.22 bits per heavy atom. The fourth-order valence-corrected chi connectivity index (χ4v) is 2.79. The Hall–Kier alpha value is -4.64. The van der Waals surface area contributed by atoms with Crippen molar-refractivity contribution in [3.05, 3.63) is 94.0 Å². The van der Waals surface area contributed by atoms with Crippen LogP contribution in [0.15, 0.2) is 72.8 Å². The number of ether oxygens (including phenoxy) is 2. The molecule has 0 heterocycles. The van der Waals surface area contributed by atoms with E-state index in [9.17, 15) is 20.2 Å². The Kier molecular flexibility index (Phi) is 7.17. The number of hydrogen-bond donors (Lipinski definition) is 1. The zero-order chi connectivity index (χ0) is 22.9. The Bertz CT molecular complexity index is 1160. The summed E-state index contributed by atoms with van der Waals surface area (Å²) in [5.41, 5.74) is 2.29. The molecule has 8 nitrogen and oxygen atoms in total. The van der Waals surface area contributed by atoms with Crippen molar-refractivity contribution >= 4 is 28.9 Å². The van der Waals surface area contributed by atoms with Gasteiger partial charge < -0.3 is 14.8 Å². The van der Waals surface area contributed by atoms with Gasteiger partial charge in [-0.3, -0.25) is 14.9 Å². The van der Waals surface area contributed by atoms with E-state index in [0.29, 0.717) is 28.3 Å². The highest BCUT2D eigenvalue weighted by atomic mass is 16.6. The molecular weight excluding hydrogens is 410 g/mol. The molecule has 3 rings (SSSR count). The van der Waals surface area contributed by atoms with Crippen molar-refractivity contribution in [2.24, 2.45) is 0 Å². The molecule has 0 aliphatic rings. The number of methoxy groups -OCH3 is 1. The topological polar surface area (TPSA) is 114 Å². The largest absolute Gasteiger partial charge is 0.497 e. The van der Waals surface area contributed by atoms with Gasteiger partial charge in [-0.15, -0.1) is 0 Å². The molecule has 0 spiro atoms. The van der Waals surface area contributed by atoms with Gasteiger partial charge in [0.2, 0.25) is 0 Å². The highest BCUT2D eigenvalue weighted by Crippen LogP contribution is 2.22. The predicted molar refractivity (Wildman–Crippen MR) is 120 cm³/mol. The van der Waals surface area contributed by atoms with Gasteiger partial charge in [0, 0.05) is 17.8 Å². The van der Waals surface area contributed by atoms with Crippen molar-refractivity contribution < 1.29 is 19.2 Å². The number of amides is 1. The van der Waals surface area contributed by atoms with E-state index in [1.165, 1.54) is 24.3 Å². The van der Waals surface area contributed by atoms with Crippen LogP contribution in [0.1, 0.15) is 11.1 Å². The molecule has 0 aliphatic heterocycles. The molecule has 8 heteroatoms. The summed E-state index contributed by atoms with van der Waals surface area (Å²) in [6, 6.07) is 21.7. The van der Waals surface area contributed by atoms with Gasteiger partial charge in [0.25, 0.3) is 11.6 Å². The summed E-state index contributed by atoms with van der Waals surface area (Å²) in [6.07, 6.45) is 1.67. The first-order valence-electron chi connectivity index (χ1n) is 9.52. The van der Waals surface area contributed by atoms with Crippen LogP contribution in [0.4, 0.5) is 11.4 Å². The Balaban J connectivity index is 1.59. The fraction of sp³-hybridized carbons (Fsp3) is 0.0833. The third-order valence-electron chi connectivity index (χ3n) is 4.44. The lowest BCUT2D eigenvalue weighted by atomic mass is 10.0. The van der Waals surface area contributed by atoms with Gasteiger partial charge in [-0.05, 0) is 65.7 Å². The highest BCUT2D eigenvalue weighted by Gasteiger charge is 2.08. The maximum absolute atomic E-state index is 12.1. The van der Waals surface area contributed by atoms with Crippen LogP contribution < -0.4 is 14.8 Å². The van der Waals surface area contributed by atoms with Crippen LogP contribution >= 0.6 is 0 Å². The molecule has 0 atom stereocenters. The summed E-state index contributed by atoms with van der Waals surface area (Å²) in [6.45, 7) is -0.159. The van der Waals surface area contributed by atoms with Crippen LogP contribution in [0.3, 0.4) is 0 Å². The van der Waals surface area contributed by atoms with Crippen LogP contribution in [0.2, 0.25) is 0 Å². The van der Waals surface area contributed by atoms with E-state index >= 15 is 0 Å². The van der Waals surface area contributed by atoms with E-state index in [-0.39, 0.29) is 18.2 Å². The number of nitro benzene ring substituents is 1. The van der Waals surface area contributed by atoms with Gasteiger partial charge in [-0.2, -0.15) is 5.26 Å². The predicted octanol–water partition coefficient (Wildman–Crippen LogP) is 4.69. The number of nitrogens with one attached hydrogen (secondary N) is 1. The smallest absolute Gasteiger partial charge is 0.269 e. The summed E-state index contributed by atoms with van der Waals surface area (Å²) < 4.78 is 10.6. The molecule has 0 unspecified atom stereocenters. The highest BCUT2D eigenvalue weighted by molar-refractivity contribution is 5.92. The van der Waals surface area contributed by atoms with E-state index in [1.807, 2.05) is 0 Å². The average Bonchev–Trinajstić information content (AvgIpc) is 2.82. The lowest BCUT2D eigenvalue weighted by Crippen LogP contribution is -2.20. The normalized spacial score (nSPS) is 10.7. The van der Waals surface area contributed by atoms with Crippen LogP contribution in [0.5, 0.6) is 11.5 Å². The van der Waals surface area contributed by atoms with E-state index in [2.05, 4.69) is 11.4 Å². The Morgan fingerprint density at radius 1 is 1.03 bits per heavy atom. The third-order valence-corrected chi connectivity index (χ3v) is 4.44. The molecule has 0 aliphatic carbocycles. The van der Waals surface area contributed by atoms with Crippen LogP contribution in [-0.4, -0.2) is 24.5 Å². The summed E-state index contributed by atoms with van der Waals surface area (Å²) in [4.78, 5) is 22.3. The van der Waals surface area contributed by atoms with E-state index in [1.54, 1.807) is 61.7 Å². The monoisotopic (exact) mass is 429 g/mol. The number of nitrogens with zero attached hydrogens (tertiary/aromatic N) is 2. The number of anilines is 1. The minimum Gasteiger partial charge on any atom is -0.497 e. The number of nitro groups is 1. The molecule has 1 N–H and O–H groups in total. The molecule has 0 radical (unpaired) electrons. The number of rotatable bonds is 8. The molecule has 3 aromatic carbocycles. The second-order valence-corrected chi connectivity index (χ2v) is 6.61. The molecular formula is C24H19N3O5. The quantitative estimate of drug-likeness (QED) is 0.241. The van der Waals surface area contributed by atoms with Crippen molar-refractivity contribution in [3.63, 3.8) is 0 Å². The molecule has 3 aromatic rings. The second-order valence-electron chi connectivity index (χ2n) is 6.61. The molecule has 0 bridgehead atoms. The van der Waals surface area contributed by atoms with Gasteiger partial charge in [-0.1, -0.05) is 12.1 Å². The lowest BCUT2D eigenvalue weighted by Gasteiger charge is -2.08. The number of benzene rings is 3. The zero-order valence-electron chi connectivity index (χ0n) is 17.1. The third kappa shape index (κ3) is 5.93. The van der Waals surface area contributed by atoms with Crippen LogP contribution in [0.25, 0.3) is 11.6 Å². The molecule has 0 fully saturated rings. The first kappa shape index (κ1) is 22.1. The summed E-state index contributed by atoms with van der Waals surface area (Å²) >= 11 is 0. The molecule has 160 valence electrons. The molecule has 0 saturated carbocycles. The van der Waals surface area contributed by atoms with Crippen molar-refractivity contribution in [3.8, 4) is 17.6 Å². The zero-order valence-corrected chi connectivity index (χ0v) is 17.1. The maximum Gasteiger partial charge on any atom is 0.269 e. The number of non-ortho nitro benzene ring substituents is 1. The molecule has 0 saturated heterocycles. The van der Waals surface area contributed by atoms with Crippen molar-refractivity contribution in [1.82, 2.24) is 0 Å². The fourth-order valence-electron chi connectivity index (χ4n) is 2.79. The standard InChI is InChI=1S/C24H19N3O5/c1-31-22-12-6-20(7-13-22)26-24(28)16-32-23-10-2-17(3-11-23)14-19(15-25)18-4-8-21(9-5-18)27(29)30/h2-14H,16H2,1H3,(H,26,28). The van der Waals surface area contributed by atoms with Crippen LogP contribution in [-0.2, 0) is 4.79 Å². The SMILES string of the molecule is COc1ccc(NC(=O)COc2ccc(C=C(C#N)c3ccc([N+](=O)[O-])cc3)cc2)cc1. The van der Waals surface area contributed by atoms with E-state index < -0.39 is 4.92 Å². The van der Waals surface area contributed by atoms with E-state index in [4.69, 9.17) is 9.47 Å². The number of carbonyl (C=O) groups excluding carboxylic acids is 1. The second kappa shape index (κ2) is 10.4. The van der Waals surface area contributed by atoms with E-state index in [0.717, 1.165) is 5.56 Å². The van der Waals surface area contributed by atoms with Gasteiger partial charge in [0.05, 0.1) is 23.7 Å². The van der Waals surface area contributed by atoms with Crippen molar-refractivity contribution in [1.29, 1.82) is 5.26 Å². The average molecular weight is 429 g/mol. The first-order valence-corrected chi connectivity index (χ1v) is 9.52. The molecule has 1 amide bonds. The summed E-state index contributed by atoms with van der Waals surface area (Å²) in [7, 11) is 1.57. The first-order chi connectivity index (χ1) is 15.5. The molecule has 0 aromatic heterocycles. The number of carbonyl (C=O) groups is 1.